The van der Waals surface area contributed by atoms with Crippen molar-refractivity contribution in [3.8, 4) is 22.5 Å². The molecular weight excluding hydrogens is 442 g/mol. The molecule has 0 saturated carbocycles. The third-order valence-corrected chi connectivity index (χ3v) is 5.35. The van der Waals surface area contributed by atoms with Crippen molar-refractivity contribution in [2.24, 2.45) is 0 Å². The summed E-state index contributed by atoms with van der Waals surface area (Å²) in [6.45, 7) is 0. The predicted octanol–water partition coefficient (Wildman–Crippen LogP) is 6.52. The molecule has 1 aromatic heterocycles. The van der Waals surface area contributed by atoms with Gasteiger partial charge in [-0.05, 0) is 30.3 Å². The Labute approximate surface area is 200 Å². The molecule has 0 spiro atoms. The molecule has 0 atom stereocenters. The van der Waals surface area contributed by atoms with Gasteiger partial charge in [-0.1, -0.05) is 60.7 Å². The largest absolute Gasteiger partial charge is 0.323 e. The topological polar surface area (TPSA) is 110 Å². The summed E-state index contributed by atoms with van der Waals surface area (Å²) in [5.74, 6) is 0. The van der Waals surface area contributed by atoms with Gasteiger partial charge < -0.3 is 10.6 Å². The monoisotopic (exact) mass is 461 g/mol. The van der Waals surface area contributed by atoms with E-state index >= 15 is 0 Å². The fourth-order valence-corrected chi connectivity index (χ4v) is 3.69. The molecule has 0 radical (unpaired) electrons. The third-order valence-electron chi connectivity index (χ3n) is 5.35. The Morgan fingerprint density at radius 2 is 1.17 bits per heavy atom. The zero-order valence-electron chi connectivity index (χ0n) is 18.4. The first-order valence-electron chi connectivity index (χ1n) is 10.8. The highest BCUT2D eigenvalue weighted by molar-refractivity contribution is 6.01. The Bertz CT molecular complexity index is 1520. The van der Waals surface area contributed by atoms with Gasteiger partial charge in [0.15, 0.2) is 0 Å². The number of anilines is 2. The molecule has 8 nitrogen and oxygen atoms in total. The second kappa shape index (κ2) is 9.40. The van der Waals surface area contributed by atoms with E-state index in [9.17, 15) is 14.9 Å². The average Bonchev–Trinajstić information content (AvgIpc) is 2.89. The van der Waals surface area contributed by atoms with Crippen molar-refractivity contribution >= 4 is 34.1 Å². The number of carbonyl (C=O) groups excluding carboxylic acids is 1. The lowest BCUT2D eigenvalue weighted by molar-refractivity contribution is -0.384. The number of fused-ring (bicyclic) bond motifs is 1. The Balaban J connectivity index is 1.45. The summed E-state index contributed by atoms with van der Waals surface area (Å²) in [4.78, 5) is 32.6. The molecule has 0 aliphatic carbocycles. The Hall–Kier alpha value is -5.11. The molecule has 0 unspecified atom stereocenters. The summed E-state index contributed by atoms with van der Waals surface area (Å²) >= 11 is 0. The number of non-ortho nitro benzene ring substituents is 1. The summed E-state index contributed by atoms with van der Waals surface area (Å²) in [6, 6.07) is 30.2. The van der Waals surface area contributed by atoms with Gasteiger partial charge in [-0.2, -0.15) is 0 Å². The van der Waals surface area contributed by atoms with E-state index in [2.05, 4.69) is 10.6 Å². The first kappa shape index (κ1) is 21.7. The second-order valence-corrected chi connectivity index (χ2v) is 7.74. The minimum atomic E-state index is -0.493. The number of nitro benzene ring substituents is 1. The number of carbonyl (C=O) groups is 1. The van der Waals surface area contributed by atoms with Crippen LogP contribution in [0.3, 0.4) is 0 Å². The van der Waals surface area contributed by atoms with Crippen LogP contribution in [0.15, 0.2) is 103 Å². The number of hydrogen-bond acceptors (Lipinski definition) is 5. The highest BCUT2D eigenvalue weighted by atomic mass is 16.6. The van der Waals surface area contributed by atoms with Crippen LogP contribution in [0.2, 0.25) is 0 Å². The van der Waals surface area contributed by atoms with Gasteiger partial charge in [0.25, 0.3) is 5.69 Å². The van der Waals surface area contributed by atoms with Crippen molar-refractivity contribution in [1.29, 1.82) is 0 Å². The quantitative estimate of drug-likeness (QED) is 0.229. The number of rotatable bonds is 5. The van der Waals surface area contributed by atoms with E-state index in [0.29, 0.717) is 22.4 Å². The maximum absolute atomic E-state index is 12.5. The van der Waals surface area contributed by atoms with Crippen molar-refractivity contribution in [2.75, 3.05) is 10.6 Å². The highest BCUT2D eigenvalue weighted by Gasteiger charge is 2.14. The molecule has 0 fully saturated rings. The fourth-order valence-electron chi connectivity index (χ4n) is 3.69. The van der Waals surface area contributed by atoms with Gasteiger partial charge in [0.1, 0.15) is 0 Å². The molecule has 8 heteroatoms. The maximum Gasteiger partial charge on any atom is 0.323 e. The van der Waals surface area contributed by atoms with Gasteiger partial charge >= 0.3 is 6.03 Å². The smallest absolute Gasteiger partial charge is 0.308 e. The molecule has 5 rings (SSSR count). The van der Waals surface area contributed by atoms with Gasteiger partial charge in [0.2, 0.25) is 0 Å². The molecule has 35 heavy (non-hydrogen) atoms. The molecule has 2 amide bonds. The van der Waals surface area contributed by atoms with E-state index in [4.69, 9.17) is 9.97 Å². The van der Waals surface area contributed by atoms with Crippen LogP contribution in [0.1, 0.15) is 0 Å². The minimum Gasteiger partial charge on any atom is -0.308 e. The Morgan fingerprint density at radius 3 is 1.74 bits per heavy atom. The molecule has 5 aromatic rings. The number of aromatic nitrogens is 2. The average molecular weight is 461 g/mol. The summed E-state index contributed by atoms with van der Waals surface area (Å²) in [7, 11) is 0. The number of nitro groups is 1. The number of benzene rings is 4. The van der Waals surface area contributed by atoms with Crippen molar-refractivity contribution in [3.05, 3.63) is 113 Å². The molecule has 0 aliphatic rings. The lowest BCUT2D eigenvalue weighted by Gasteiger charge is -2.12. The minimum absolute atomic E-state index is 0.0480. The Kier molecular flexibility index (Phi) is 5.83. The van der Waals surface area contributed by atoms with Crippen LogP contribution in [-0.4, -0.2) is 20.9 Å². The summed E-state index contributed by atoms with van der Waals surface area (Å²) < 4.78 is 0. The molecule has 1 heterocycles. The molecule has 4 aromatic carbocycles. The third kappa shape index (κ3) is 4.81. The molecule has 0 bridgehead atoms. The zero-order chi connectivity index (χ0) is 24.2. The molecule has 0 saturated heterocycles. The van der Waals surface area contributed by atoms with Crippen LogP contribution in [0.5, 0.6) is 0 Å². The van der Waals surface area contributed by atoms with E-state index in [1.54, 1.807) is 12.1 Å². The lowest BCUT2D eigenvalue weighted by Crippen LogP contribution is -2.19. The number of hydrogen-bond donors (Lipinski definition) is 2. The van der Waals surface area contributed by atoms with E-state index in [1.165, 1.54) is 24.3 Å². The SMILES string of the molecule is O=C(Nc1ccc([N+](=O)[O-])cc1)Nc1ccc2nc(-c3ccccc3)c(-c3ccccc3)nc2c1. The summed E-state index contributed by atoms with van der Waals surface area (Å²) in [5, 5.41) is 16.2. The highest BCUT2D eigenvalue weighted by Crippen LogP contribution is 2.31. The van der Waals surface area contributed by atoms with E-state index in [0.717, 1.165) is 22.5 Å². The summed E-state index contributed by atoms with van der Waals surface area (Å²) in [5.41, 5.74) is 5.69. The van der Waals surface area contributed by atoms with Crippen LogP contribution in [0.4, 0.5) is 21.9 Å². The number of amides is 2. The zero-order valence-corrected chi connectivity index (χ0v) is 18.4. The van der Waals surface area contributed by atoms with Gasteiger partial charge in [0.05, 0.1) is 27.3 Å². The van der Waals surface area contributed by atoms with Gasteiger partial charge in [-0.3, -0.25) is 10.1 Å². The van der Waals surface area contributed by atoms with Gasteiger partial charge in [-0.25, -0.2) is 14.8 Å². The van der Waals surface area contributed by atoms with Crippen LogP contribution in [0, 0.1) is 10.1 Å². The van der Waals surface area contributed by atoms with Crippen LogP contribution in [0.25, 0.3) is 33.5 Å². The Morgan fingerprint density at radius 1 is 0.657 bits per heavy atom. The maximum atomic E-state index is 12.5. The lowest BCUT2D eigenvalue weighted by atomic mass is 10.0. The predicted molar refractivity (Wildman–Crippen MR) is 136 cm³/mol. The molecule has 2 N–H and O–H groups in total. The molecular formula is C27H19N5O3. The first-order valence-corrected chi connectivity index (χ1v) is 10.8. The van der Waals surface area contributed by atoms with Crippen LogP contribution < -0.4 is 10.6 Å². The van der Waals surface area contributed by atoms with Crippen molar-refractivity contribution in [2.45, 2.75) is 0 Å². The van der Waals surface area contributed by atoms with Crippen molar-refractivity contribution < 1.29 is 9.72 Å². The number of nitrogens with one attached hydrogen (secondary N) is 2. The number of nitrogens with zero attached hydrogens (tertiary/aromatic N) is 3. The van der Waals surface area contributed by atoms with Crippen molar-refractivity contribution in [1.82, 2.24) is 9.97 Å². The second-order valence-electron chi connectivity index (χ2n) is 7.74. The first-order chi connectivity index (χ1) is 17.1. The normalized spacial score (nSPS) is 10.6. The molecule has 0 aliphatic heterocycles. The fraction of sp³-hybridized carbons (Fsp3) is 0. The van der Waals surface area contributed by atoms with Crippen LogP contribution in [-0.2, 0) is 0 Å². The van der Waals surface area contributed by atoms with E-state index in [1.807, 2.05) is 66.7 Å². The van der Waals surface area contributed by atoms with Crippen LogP contribution >= 0.6 is 0 Å². The summed E-state index contributed by atoms with van der Waals surface area (Å²) in [6.07, 6.45) is 0. The van der Waals surface area contributed by atoms with Gasteiger partial charge in [-0.15, -0.1) is 0 Å². The molecule has 170 valence electrons. The van der Waals surface area contributed by atoms with E-state index in [-0.39, 0.29) is 5.69 Å². The van der Waals surface area contributed by atoms with Gasteiger partial charge in [0, 0.05) is 34.6 Å². The van der Waals surface area contributed by atoms with E-state index < -0.39 is 11.0 Å². The standard InChI is InChI=1S/C27H19N5O3/c33-27(28-20-11-14-22(15-12-20)32(34)35)29-21-13-16-23-24(17-21)31-26(19-9-5-2-6-10-19)25(30-23)18-7-3-1-4-8-18/h1-17H,(H2,28,29,33). The van der Waals surface area contributed by atoms with Crippen molar-refractivity contribution in [3.63, 3.8) is 0 Å². The number of urea groups is 1.